The van der Waals surface area contributed by atoms with Gasteiger partial charge in [-0.2, -0.15) is 5.26 Å². The van der Waals surface area contributed by atoms with Gasteiger partial charge in [-0.1, -0.05) is 22.0 Å². The van der Waals surface area contributed by atoms with Gasteiger partial charge in [0.15, 0.2) is 0 Å². The topological polar surface area (TPSA) is 75.0 Å². The second-order valence-corrected chi connectivity index (χ2v) is 5.40. The molecule has 0 radical (unpaired) electrons. The van der Waals surface area contributed by atoms with Crippen LogP contribution < -0.4 is 5.32 Å². The van der Waals surface area contributed by atoms with Crippen LogP contribution in [0, 0.1) is 18.3 Å². The summed E-state index contributed by atoms with van der Waals surface area (Å²) in [4.78, 5) is 16.2. The number of hydrogen-bond acceptors (Lipinski definition) is 5. The van der Waals surface area contributed by atoms with Crippen LogP contribution >= 0.6 is 15.9 Å². The summed E-state index contributed by atoms with van der Waals surface area (Å²) in [6.07, 6.45) is 0. The maximum Gasteiger partial charge on any atom is 0.340 e. The number of ether oxygens (including phenoxy) is 1. The Morgan fingerprint density at radius 3 is 2.86 bits per heavy atom. The molecule has 1 heterocycles. The molecule has 0 fully saturated rings. The van der Waals surface area contributed by atoms with Crippen LogP contribution in [0.5, 0.6) is 0 Å². The molecule has 0 amide bonds. The van der Waals surface area contributed by atoms with E-state index in [1.54, 1.807) is 13.8 Å². The first-order valence-electron chi connectivity index (χ1n) is 6.66. The highest BCUT2D eigenvalue weighted by molar-refractivity contribution is 9.10. The smallest absolute Gasteiger partial charge is 0.340 e. The van der Waals surface area contributed by atoms with E-state index in [1.165, 1.54) is 6.07 Å². The second kappa shape index (κ2) is 7.05. The molecule has 0 saturated carbocycles. The van der Waals surface area contributed by atoms with E-state index in [-0.39, 0.29) is 12.2 Å². The summed E-state index contributed by atoms with van der Waals surface area (Å²) in [6, 6.07) is 11.1. The van der Waals surface area contributed by atoms with Crippen LogP contribution in [0.15, 0.2) is 34.8 Å². The van der Waals surface area contributed by atoms with Gasteiger partial charge in [-0.05, 0) is 38.1 Å². The Hall–Kier alpha value is -2.39. The molecule has 1 aromatic heterocycles. The maximum absolute atomic E-state index is 11.8. The van der Waals surface area contributed by atoms with E-state index >= 15 is 0 Å². The molecule has 6 heteroatoms. The third kappa shape index (κ3) is 3.62. The van der Waals surface area contributed by atoms with Crippen LogP contribution in [0.1, 0.15) is 28.5 Å². The van der Waals surface area contributed by atoms with Crippen molar-refractivity contribution in [3.63, 3.8) is 0 Å². The van der Waals surface area contributed by atoms with Crippen molar-refractivity contribution in [1.82, 2.24) is 4.98 Å². The van der Waals surface area contributed by atoms with Crippen molar-refractivity contribution in [3.8, 4) is 6.07 Å². The van der Waals surface area contributed by atoms with Gasteiger partial charge in [-0.15, -0.1) is 0 Å². The number of nitrogens with zero attached hydrogens (tertiary/aromatic N) is 2. The Kier molecular flexibility index (Phi) is 5.12. The first-order valence-corrected chi connectivity index (χ1v) is 7.46. The SMILES string of the molecule is CCOC(=O)c1cc(C#N)c(Nc2cccc(Br)c2)nc1C. The summed E-state index contributed by atoms with van der Waals surface area (Å²) < 4.78 is 5.88. The van der Waals surface area contributed by atoms with Crippen molar-refractivity contribution >= 4 is 33.4 Å². The van der Waals surface area contributed by atoms with Gasteiger partial charge in [-0.25, -0.2) is 9.78 Å². The van der Waals surface area contributed by atoms with Crippen molar-refractivity contribution in [2.45, 2.75) is 13.8 Å². The lowest BCUT2D eigenvalue weighted by Crippen LogP contribution is -2.10. The Morgan fingerprint density at radius 1 is 1.45 bits per heavy atom. The summed E-state index contributed by atoms with van der Waals surface area (Å²) in [7, 11) is 0. The molecule has 2 aromatic rings. The lowest BCUT2D eigenvalue weighted by atomic mass is 10.1. The van der Waals surface area contributed by atoms with Gasteiger partial charge in [0.25, 0.3) is 0 Å². The van der Waals surface area contributed by atoms with Crippen LogP contribution in [-0.2, 0) is 4.74 Å². The third-order valence-corrected chi connectivity index (χ3v) is 3.41. The average Bonchev–Trinajstić information content (AvgIpc) is 2.47. The number of anilines is 2. The van der Waals surface area contributed by atoms with E-state index in [2.05, 4.69) is 32.3 Å². The third-order valence-electron chi connectivity index (χ3n) is 2.92. The first-order chi connectivity index (χ1) is 10.5. The minimum absolute atomic E-state index is 0.276. The maximum atomic E-state index is 11.8. The van der Waals surface area contributed by atoms with Crippen molar-refractivity contribution in [3.05, 3.63) is 51.6 Å². The largest absolute Gasteiger partial charge is 0.462 e. The monoisotopic (exact) mass is 359 g/mol. The van der Waals surface area contributed by atoms with Gasteiger partial charge in [0.1, 0.15) is 11.9 Å². The van der Waals surface area contributed by atoms with Crippen LogP contribution in [0.3, 0.4) is 0 Å². The first kappa shape index (κ1) is 16.0. The second-order valence-electron chi connectivity index (χ2n) is 4.49. The van der Waals surface area contributed by atoms with Gasteiger partial charge >= 0.3 is 5.97 Å². The molecule has 0 unspecified atom stereocenters. The Balaban J connectivity index is 2.39. The molecule has 0 aliphatic rings. The fourth-order valence-corrected chi connectivity index (χ4v) is 2.30. The van der Waals surface area contributed by atoms with Crippen molar-refractivity contribution < 1.29 is 9.53 Å². The van der Waals surface area contributed by atoms with Gasteiger partial charge in [0.2, 0.25) is 0 Å². The number of aromatic nitrogens is 1. The van der Waals surface area contributed by atoms with Gasteiger partial charge < -0.3 is 10.1 Å². The summed E-state index contributed by atoms with van der Waals surface area (Å²) in [5.74, 6) is -0.0656. The highest BCUT2D eigenvalue weighted by Crippen LogP contribution is 2.23. The molecule has 0 atom stereocenters. The van der Waals surface area contributed by atoms with Crippen molar-refractivity contribution in [2.75, 3.05) is 11.9 Å². The molecule has 112 valence electrons. The van der Waals surface area contributed by atoms with E-state index in [0.29, 0.717) is 17.1 Å². The van der Waals surface area contributed by atoms with E-state index in [4.69, 9.17) is 4.74 Å². The number of aryl methyl sites for hydroxylation is 1. The quantitative estimate of drug-likeness (QED) is 0.836. The number of benzene rings is 1. The fourth-order valence-electron chi connectivity index (χ4n) is 1.90. The van der Waals surface area contributed by atoms with Crippen LogP contribution in [0.25, 0.3) is 0 Å². The van der Waals surface area contributed by atoms with E-state index in [9.17, 15) is 10.1 Å². The molecule has 5 nitrogen and oxygen atoms in total. The molecule has 1 N–H and O–H groups in total. The predicted octanol–water partition coefficient (Wildman–Crippen LogP) is 3.94. The molecule has 2 rings (SSSR count). The molecule has 0 aliphatic heterocycles. The number of nitriles is 1. The van der Waals surface area contributed by atoms with Gasteiger partial charge in [0, 0.05) is 10.2 Å². The molecule has 1 aromatic carbocycles. The number of esters is 1. The zero-order chi connectivity index (χ0) is 16.1. The Bertz CT molecular complexity index is 754. The van der Waals surface area contributed by atoms with Gasteiger partial charge in [0.05, 0.1) is 23.4 Å². The highest BCUT2D eigenvalue weighted by Gasteiger charge is 2.16. The minimum Gasteiger partial charge on any atom is -0.462 e. The molecule has 0 spiro atoms. The summed E-state index contributed by atoms with van der Waals surface area (Å²) in [5, 5.41) is 12.4. The van der Waals surface area contributed by atoms with E-state index in [1.807, 2.05) is 24.3 Å². The van der Waals surface area contributed by atoms with Gasteiger partial charge in [-0.3, -0.25) is 0 Å². The zero-order valence-electron chi connectivity index (χ0n) is 12.2. The lowest BCUT2D eigenvalue weighted by Gasteiger charge is -2.11. The van der Waals surface area contributed by atoms with Crippen LogP contribution in [0.4, 0.5) is 11.5 Å². The molecule has 22 heavy (non-hydrogen) atoms. The number of pyridine rings is 1. The number of halogens is 1. The summed E-state index contributed by atoms with van der Waals surface area (Å²) >= 11 is 3.39. The Morgan fingerprint density at radius 2 is 2.23 bits per heavy atom. The number of nitrogens with one attached hydrogen (secondary N) is 1. The number of rotatable bonds is 4. The average molecular weight is 360 g/mol. The molecule has 0 saturated heterocycles. The number of carbonyl (C=O) groups excluding carboxylic acids is 1. The van der Waals surface area contributed by atoms with Crippen molar-refractivity contribution in [1.29, 1.82) is 5.26 Å². The Labute approximate surface area is 137 Å². The van der Waals surface area contributed by atoms with E-state index < -0.39 is 5.97 Å². The fraction of sp³-hybridized carbons (Fsp3) is 0.188. The standard InChI is InChI=1S/C16H14BrN3O2/c1-3-22-16(21)14-7-11(9-18)15(19-10(14)2)20-13-6-4-5-12(17)8-13/h4-8H,3H2,1-2H3,(H,19,20). The molecule has 0 bridgehead atoms. The van der Waals surface area contributed by atoms with E-state index in [0.717, 1.165) is 10.2 Å². The van der Waals surface area contributed by atoms with Crippen LogP contribution in [0.2, 0.25) is 0 Å². The molecular formula is C16H14BrN3O2. The minimum atomic E-state index is -0.474. The number of hydrogen-bond donors (Lipinski definition) is 1. The van der Waals surface area contributed by atoms with Crippen molar-refractivity contribution in [2.24, 2.45) is 0 Å². The normalized spacial score (nSPS) is 9.91. The van der Waals surface area contributed by atoms with Crippen LogP contribution in [-0.4, -0.2) is 17.6 Å². The summed E-state index contributed by atoms with van der Waals surface area (Å²) in [5.41, 5.74) is 1.89. The predicted molar refractivity (Wildman–Crippen MR) is 87.1 cm³/mol. The zero-order valence-corrected chi connectivity index (χ0v) is 13.8. The summed E-state index contributed by atoms with van der Waals surface area (Å²) in [6.45, 7) is 3.72. The molecule has 0 aliphatic carbocycles. The lowest BCUT2D eigenvalue weighted by molar-refractivity contribution is 0.0525. The molecular weight excluding hydrogens is 346 g/mol. The highest BCUT2D eigenvalue weighted by atomic mass is 79.9. The number of carbonyl (C=O) groups is 1.